The minimum absolute atomic E-state index is 0.143. The average molecular weight is 330 g/mol. The first-order chi connectivity index (χ1) is 11.5. The number of carbonyl (C=O) groups excluding carboxylic acids is 3. The van der Waals surface area contributed by atoms with Crippen LogP contribution in [0.1, 0.15) is 26.7 Å². The van der Waals surface area contributed by atoms with Gasteiger partial charge < -0.3 is 10.6 Å². The number of nitrogens with two attached hydrogens (primary N) is 1. The van der Waals surface area contributed by atoms with Crippen LogP contribution in [0.25, 0.3) is 0 Å². The van der Waals surface area contributed by atoms with Gasteiger partial charge in [0.2, 0.25) is 5.78 Å². The Morgan fingerprint density at radius 2 is 1.75 bits per heavy atom. The van der Waals surface area contributed by atoms with Crippen molar-refractivity contribution < 1.29 is 14.4 Å². The van der Waals surface area contributed by atoms with E-state index in [0.29, 0.717) is 18.8 Å². The fourth-order valence-electron chi connectivity index (χ4n) is 2.61. The standard InChI is InChI=1S/C17H22N4O3/c1-3-10-20(11-4-2)17(24)14(22)13-15(18)19-21(16(13)23)12-8-6-5-7-9-12/h5-9,13H,3-4,10-11H2,1-2H3,(H2,18,19)/t13-/m1/s1. The quantitative estimate of drug-likeness (QED) is 0.599. The molecule has 0 radical (unpaired) electrons. The molecule has 1 heterocycles. The van der Waals surface area contributed by atoms with Crippen molar-refractivity contribution in [3.8, 4) is 0 Å². The molecule has 1 atom stereocenters. The first kappa shape index (κ1) is 17.7. The van der Waals surface area contributed by atoms with Crippen molar-refractivity contribution in [2.45, 2.75) is 26.7 Å². The third kappa shape index (κ3) is 3.45. The number of nitrogens with zero attached hydrogens (tertiary/aromatic N) is 3. The maximum absolute atomic E-state index is 12.5. The van der Waals surface area contributed by atoms with E-state index in [4.69, 9.17) is 5.73 Å². The highest BCUT2D eigenvalue weighted by Crippen LogP contribution is 2.23. The van der Waals surface area contributed by atoms with E-state index < -0.39 is 23.5 Å². The first-order valence-electron chi connectivity index (χ1n) is 8.07. The minimum atomic E-state index is -1.34. The van der Waals surface area contributed by atoms with Crippen molar-refractivity contribution >= 4 is 29.1 Å². The van der Waals surface area contributed by atoms with Crippen molar-refractivity contribution in [1.29, 1.82) is 0 Å². The summed E-state index contributed by atoms with van der Waals surface area (Å²) in [5, 5.41) is 5.04. The van der Waals surface area contributed by atoms with E-state index in [0.717, 1.165) is 17.9 Å². The van der Waals surface area contributed by atoms with E-state index >= 15 is 0 Å². The zero-order valence-electron chi connectivity index (χ0n) is 13.9. The molecular weight excluding hydrogens is 308 g/mol. The third-order valence-corrected chi connectivity index (χ3v) is 3.71. The van der Waals surface area contributed by atoms with E-state index in [1.54, 1.807) is 30.3 Å². The summed E-state index contributed by atoms with van der Waals surface area (Å²) < 4.78 is 0. The minimum Gasteiger partial charge on any atom is -0.385 e. The van der Waals surface area contributed by atoms with Crippen molar-refractivity contribution in [3.05, 3.63) is 30.3 Å². The van der Waals surface area contributed by atoms with Gasteiger partial charge >= 0.3 is 0 Å². The fourth-order valence-corrected chi connectivity index (χ4v) is 2.61. The molecule has 0 bridgehead atoms. The molecule has 2 N–H and O–H groups in total. The van der Waals surface area contributed by atoms with Crippen LogP contribution in [0, 0.1) is 5.92 Å². The second-order valence-electron chi connectivity index (χ2n) is 5.60. The molecule has 0 fully saturated rings. The van der Waals surface area contributed by atoms with Crippen LogP contribution in [0.5, 0.6) is 0 Å². The molecule has 0 aromatic heterocycles. The van der Waals surface area contributed by atoms with Gasteiger partial charge in [-0.15, -0.1) is 0 Å². The highest BCUT2D eigenvalue weighted by atomic mass is 16.2. The SMILES string of the molecule is CCCN(CCC)C(=O)C(=O)[C@H]1C(=O)N(c2ccccc2)N=C1N. The Morgan fingerprint density at radius 3 is 2.29 bits per heavy atom. The number of hydrazone groups is 1. The van der Waals surface area contributed by atoms with Gasteiger partial charge in [0.25, 0.3) is 11.8 Å². The number of amidine groups is 1. The fraction of sp³-hybridized carbons (Fsp3) is 0.412. The first-order valence-corrected chi connectivity index (χ1v) is 8.07. The molecule has 1 aliphatic heterocycles. The monoisotopic (exact) mass is 330 g/mol. The molecule has 2 amide bonds. The Bertz CT molecular complexity index is 651. The molecule has 0 saturated heterocycles. The lowest BCUT2D eigenvalue weighted by atomic mass is 10.0. The largest absolute Gasteiger partial charge is 0.385 e. The zero-order chi connectivity index (χ0) is 17.7. The number of hydrogen-bond acceptors (Lipinski definition) is 5. The maximum atomic E-state index is 12.5. The Balaban J connectivity index is 2.20. The van der Waals surface area contributed by atoms with Gasteiger partial charge in [-0.25, -0.2) is 0 Å². The van der Waals surface area contributed by atoms with Crippen molar-refractivity contribution in [3.63, 3.8) is 0 Å². The van der Waals surface area contributed by atoms with E-state index in [1.165, 1.54) is 4.90 Å². The third-order valence-electron chi connectivity index (χ3n) is 3.71. The van der Waals surface area contributed by atoms with Crippen molar-refractivity contribution in [2.24, 2.45) is 16.8 Å². The van der Waals surface area contributed by atoms with Crippen LogP contribution in [0.2, 0.25) is 0 Å². The number of benzene rings is 1. The Hall–Kier alpha value is -2.70. The Labute approximate surface area is 141 Å². The summed E-state index contributed by atoms with van der Waals surface area (Å²) in [5.41, 5.74) is 6.29. The van der Waals surface area contributed by atoms with Gasteiger partial charge in [-0.2, -0.15) is 10.1 Å². The summed E-state index contributed by atoms with van der Waals surface area (Å²) in [5.74, 6) is -3.57. The number of Topliss-reactive ketones (excluding diaryl/α,β-unsaturated/α-hetero) is 1. The van der Waals surface area contributed by atoms with Crippen LogP contribution in [-0.2, 0) is 14.4 Å². The van der Waals surface area contributed by atoms with Gasteiger partial charge in [0.1, 0.15) is 5.84 Å². The van der Waals surface area contributed by atoms with Gasteiger partial charge in [-0.05, 0) is 25.0 Å². The van der Waals surface area contributed by atoms with Gasteiger partial charge in [0.15, 0.2) is 5.92 Å². The summed E-state index contributed by atoms with van der Waals surface area (Å²) in [6.45, 7) is 4.79. The maximum Gasteiger partial charge on any atom is 0.291 e. The summed E-state index contributed by atoms with van der Waals surface area (Å²) in [4.78, 5) is 39.0. The van der Waals surface area contributed by atoms with E-state index in [1.807, 2.05) is 13.8 Å². The molecule has 7 heteroatoms. The normalized spacial score (nSPS) is 16.9. The number of para-hydroxylation sites is 1. The molecule has 1 aromatic rings. The lowest BCUT2D eigenvalue weighted by Crippen LogP contribution is -2.46. The number of anilines is 1. The van der Waals surface area contributed by atoms with Gasteiger partial charge in [0, 0.05) is 13.1 Å². The van der Waals surface area contributed by atoms with Gasteiger partial charge in [-0.3, -0.25) is 14.4 Å². The van der Waals surface area contributed by atoms with Gasteiger partial charge in [-0.1, -0.05) is 32.0 Å². The second-order valence-corrected chi connectivity index (χ2v) is 5.60. The van der Waals surface area contributed by atoms with E-state index in [-0.39, 0.29) is 5.84 Å². The number of rotatable bonds is 7. The smallest absolute Gasteiger partial charge is 0.291 e. The predicted molar refractivity (Wildman–Crippen MR) is 91.2 cm³/mol. The summed E-state index contributed by atoms with van der Waals surface area (Å²) >= 11 is 0. The predicted octanol–water partition coefficient (Wildman–Crippen LogP) is 1.14. The molecule has 24 heavy (non-hydrogen) atoms. The van der Waals surface area contributed by atoms with Crippen LogP contribution in [0.4, 0.5) is 5.69 Å². The van der Waals surface area contributed by atoms with Crippen LogP contribution >= 0.6 is 0 Å². The molecule has 0 aliphatic carbocycles. The molecule has 1 aromatic carbocycles. The lowest BCUT2D eigenvalue weighted by molar-refractivity contribution is -0.147. The Morgan fingerprint density at radius 1 is 1.17 bits per heavy atom. The number of amides is 2. The molecule has 0 unspecified atom stereocenters. The van der Waals surface area contributed by atoms with Gasteiger partial charge in [0.05, 0.1) is 5.69 Å². The van der Waals surface area contributed by atoms with E-state index in [9.17, 15) is 14.4 Å². The summed E-state index contributed by atoms with van der Waals surface area (Å²) in [6.07, 6.45) is 1.47. The summed E-state index contributed by atoms with van der Waals surface area (Å²) in [6, 6.07) is 8.67. The highest BCUT2D eigenvalue weighted by Gasteiger charge is 2.44. The Kier molecular flexibility index (Phi) is 5.68. The molecule has 0 spiro atoms. The molecule has 128 valence electrons. The van der Waals surface area contributed by atoms with Crippen LogP contribution in [0.3, 0.4) is 0 Å². The highest BCUT2D eigenvalue weighted by molar-refractivity contribution is 6.47. The number of carbonyl (C=O) groups is 3. The zero-order valence-corrected chi connectivity index (χ0v) is 13.9. The van der Waals surface area contributed by atoms with Crippen LogP contribution in [0.15, 0.2) is 35.4 Å². The molecular formula is C17H22N4O3. The summed E-state index contributed by atoms with van der Waals surface area (Å²) in [7, 11) is 0. The van der Waals surface area contributed by atoms with Crippen molar-refractivity contribution in [2.75, 3.05) is 18.1 Å². The average Bonchev–Trinajstić information content (AvgIpc) is 2.88. The van der Waals surface area contributed by atoms with Crippen molar-refractivity contribution in [1.82, 2.24) is 4.90 Å². The molecule has 0 saturated carbocycles. The topological polar surface area (TPSA) is 96.1 Å². The van der Waals surface area contributed by atoms with E-state index in [2.05, 4.69) is 5.10 Å². The molecule has 7 nitrogen and oxygen atoms in total. The number of ketones is 1. The number of hydrogen-bond donors (Lipinski definition) is 1. The molecule has 1 aliphatic rings. The van der Waals surface area contributed by atoms with Crippen LogP contribution in [-0.4, -0.2) is 41.4 Å². The second kappa shape index (κ2) is 7.72. The van der Waals surface area contributed by atoms with Crippen LogP contribution < -0.4 is 10.7 Å². The molecule has 2 rings (SSSR count). The lowest BCUT2D eigenvalue weighted by Gasteiger charge is -2.21.